The first-order valence-corrected chi connectivity index (χ1v) is 7.19. The van der Waals surface area contributed by atoms with E-state index in [0.29, 0.717) is 0 Å². The van der Waals surface area contributed by atoms with Gasteiger partial charge in [0.1, 0.15) is 0 Å². The largest absolute Gasteiger partial charge is 0.330 e. The van der Waals surface area contributed by atoms with Gasteiger partial charge < -0.3 is 5.73 Å². The lowest BCUT2D eigenvalue weighted by Gasteiger charge is -2.32. The van der Waals surface area contributed by atoms with E-state index in [0.717, 1.165) is 24.0 Å². The van der Waals surface area contributed by atoms with Gasteiger partial charge >= 0.3 is 0 Å². The van der Waals surface area contributed by atoms with E-state index in [2.05, 4.69) is 11.0 Å². The zero-order valence-corrected chi connectivity index (χ0v) is 11.1. The summed E-state index contributed by atoms with van der Waals surface area (Å²) in [5.41, 5.74) is 5.63. The Labute approximate surface area is 106 Å². The molecule has 1 atom stereocenters. The highest BCUT2D eigenvalue weighted by molar-refractivity contribution is 7.10. The minimum absolute atomic E-state index is 0.800. The second-order valence-corrected chi connectivity index (χ2v) is 5.98. The van der Waals surface area contributed by atoms with Crippen LogP contribution in [0.1, 0.15) is 24.1 Å². The molecule has 2 heterocycles. The lowest BCUT2D eigenvalue weighted by atomic mass is 9.95. The van der Waals surface area contributed by atoms with Gasteiger partial charge in [-0.15, -0.1) is 11.3 Å². The van der Waals surface area contributed by atoms with E-state index < -0.39 is 0 Å². The zero-order chi connectivity index (χ0) is 11.4. The van der Waals surface area contributed by atoms with Gasteiger partial charge in [-0.2, -0.15) is 0 Å². The zero-order valence-electron chi connectivity index (χ0n) is 9.49. The molecule has 2 rings (SSSR count). The molecule has 1 saturated heterocycles. The highest BCUT2D eigenvalue weighted by atomic mass is 35.5. The summed E-state index contributed by atoms with van der Waals surface area (Å²) in [7, 11) is 0. The van der Waals surface area contributed by atoms with Crippen LogP contribution in [0.5, 0.6) is 0 Å². The maximum absolute atomic E-state index is 5.93. The third kappa shape index (κ3) is 3.45. The smallest absolute Gasteiger partial charge is 0.0516 e. The molecule has 2 nitrogen and oxygen atoms in total. The number of hydrogen-bond donors (Lipinski definition) is 1. The van der Waals surface area contributed by atoms with Crippen LogP contribution in [0, 0.1) is 5.92 Å². The highest BCUT2D eigenvalue weighted by Crippen LogP contribution is 2.24. The van der Waals surface area contributed by atoms with E-state index in [4.69, 9.17) is 17.3 Å². The van der Waals surface area contributed by atoms with Gasteiger partial charge in [-0.25, -0.2) is 0 Å². The number of nitrogens with two attached hydrogens (primary N) is 1. The molecule has 1 fully saturated rings. The molecular weight excluding hydrogens is 240 g/mol. The average molecular weight is 259 g/mol. The fourth-order valence-electron chi connectivity index (χ4n) is 2.42. The fraction of sp³-hybridized carbons (Fsp3) is 0.667. The van der Waals surface area contributed by atoms with Gasteiger partial charge in [0.15, 0.2) is 0 Å². The Bertz CT molecular complexity index is 325. The molecule has 90 valence electrons. The topological polar surface area (TPSA) is 29.3 Å². The third-order valence-electron chi connectivity index (χ3n) is 3.18. The molecule has 1 aromatic rings. The van der Waals surface area contributed by atoms with Crippen LogP contribution in [-0.4, -0.2) is 24.5 Å². The highest BCUT2D eigenvalue weighted by Gasteiger charge is 2.19. The first-order chi connectivity index (χ1) is 7.78. The predicted octanol–water partition coefficient (Wildman–Crippen LogP) is 2.96. The van der Waals surface area contributed by atoms with Crippen LogP contribution in [0.25, 0.3) is 0 Å². The van der Waals surface area contributed by atoms with Crippen LogP contribution in [-0.2, 0) is 6.54 Å². The summed E-state index contributed by atoms with van der Waals surface area (Å²) in [5.74, 6) is 0.800. The molecule has 0 aliphatic carbocycles. The third-order valence-corrected chi connectivity index (χ3v) is 4.45. The number of nitrogens with zero attached hydrogens (tertiary/aromatic N) is 1. The van der Waals surface area contributed by atoms with Gasteiger partial charge in [-0.05, 0) is 44.3 Å². The number of rotatable bonds is 4. The van der Waals surface area contributed by atoms with E-state index in [1.165, 1.54) is 37.2 Å². The van der Waals surface area contributed by atoms with Gasteiger partial charge in [0.2, 0.25) is 0 Å². The van der Waals surface area contributed by atoms with Crippen LogP contribution >= 0.6 is 22.9 Å². The molecule has 0 spiro atoms. The summed E-state index contributed by atoms with van der Waals surface area (Å²) in [6, 6.07) is 2.08. The lowest BCUT2D eigenvalue weighted by Crippen LogP contribution is -2.35. The van der Waals surface area contributed by atoms with Gasteiger partial charge in [0.25, 0.3) is 0 Å². The molecular formula is C12H19ClN2S. The Kier molecular flexibility index (Phi) is 4.65. The van der Waals surface area contributed by atoms with Crippen LogP contribution in [0.15, 0.2) is 11.4 Å². The standard InChI is InChI=1S/C12H19ClN2S/c13-11-6-12(16-9-11)8-15-5-1-2-10(7-15)3-4-14/h6,9-10H,1-5,7-8,14H2. The van der Waals surface area contributed by atoms with Crippen molar-refractivity contribution < 1.29 is 0 Å². The van der Waals surface area contributed by atoms with Crippen LogP contribution in [0.4, 0.5) is 0 Å². The van der Waals surface area contributed by atoms with E-state index in [9.17, 15) is 0 Å². The van der Waals surface area contributed by atoms with Gasteiger partial charge in [0.05, 0.1) is 5.02 Å². The lowest BCUT2D eigenvalue weighted by molar-refractivity contribution is 0.164. The number of hydrogen-bond acceptors (Lipinski definition) is 3. The average Bonchev–Trinajstić information content (AvgIpc) is 2.65. The molecule has 0 radical (unpaired) electrons. The fourth-order valence-corrected chi connectivity index (χ4v) is 3.54. The molecule has 1 aromatic heterocycles. The van der Waals surface area contributed by atoms with Gasteiger partial charge in [0, 0.05) is 23.3 Å². The number of likely N-dealkylation sites (tertiary alicyclic amines) is 1. The van der Waals surface area contributed by atoms with Crippen LogP contribution < -0.4 is 5.73 Å². The van der Waals surface area contributed by atoms with Gasteiger partial charge in [-0.1, -0.05) is 11.6 Å². The number of piperidine rings is 1. The molecule has 4 heteroatoms. The van der Waals surface area contributed by atoms with Crippen molar-refractivity contribution >= 4 is 22.9 Å². The van der Waals surface area contributed by atoms with Gasteiger partial charge in [-0.3, -0.25) is 4.90 Å². The van der Waals surface area contributed by atoms with E-state index in [1.807, 2.05) is 5.38 Å². The molecule has 16 heavy (non-hydrogen) atoms. The van der Waals surface area contributed by atoms with E-state index in [-0.39, 0.29) is 0 Å². The first-order valence-electron chi connectivity index (χ1n) is 5.93. The Morgan fingerprint density at radius 1 is 1.56 bits per heavy atom. The second-order valence-electron chi connectivity index (χ2n) is 4.55. The summed E-state index contributed by atoms with van der Waals surface area (Å²) in [4.78, 5) is 3.91. The normalized spacial score (nSPS) is 22.5. The van der Waals surface area contributed by atoms with Crippen molar-refractivity contribution in [1.29, 1.82) is 0 Å². The molecule has 1 aliphatic rings. The van der Waals surface area contributed by atoms with E-state index in [1.54, 1.807) is 11.3 Å². The molecule has 0 aromatic carbocycles. The van der Waals surface area contributed by atoms with Crippen LogP contribution in [0.3, 0.4) is 0 Å². The Morgan fingerprint density at radius 2 is 2.44 bits per heavy atom. The molecule has 1 aliphatic heterocycles. The van der Waals surface area contributed by atoms with Crippen molar-refractivity contribution in [3.8, 4) is 0 Å². The molecule has 0 bridgehead atoms. The molecule has 0 saturated carbocycles. The Morgan fingerprint density at radius 3 is 3.12 bits per heavy atom. The summed E-state index contributed by atoms with van der Waals surface area (Å²) in [5, 5.41) is 2.88. The summed E-state index contributed by atoms with van der Waals surface area (Å²) in [6.07, 6.45) is 3.82. The molecule has 1 unspecified atom stereocenters. The number of halogens is 1. The minimum atomic E-state index is 0.800. The monoisotopic (exact) mass is 258 g/mol. The second kappa shape index (κ2) is 6.01. The maximum atomic E-state index is 5.93. The van der Waals surface area contributed by atoms with Crippen molar-refractivity contribution in [3.05, 3.63) is 21.3 Å². The van der Waals surface area contributed by atoms with Crippen LogP contribution in [0.2, 0.25) is 5.02 Å². The minimum Gasteiger partial charge on any atom is -0.330 e. The van der Waals surface area contributed by atoms with Crippen molar-refractivity contribution in [2.24, 2.45) is 11.7 Å². The Balaban J connectivity index is 1.85. The molecule has 0 amide bonds. The molecule has 2 N–H and O–H groups in total. The van der Waals surface area contributed by atoms with Crippen molar-refractivity contribution in [3.63, 3.8) is 0 Å². The van der Waals surface area contributed by atoms with Crippen molar-refractivity contribution in [1.82, 2.24) is 4.90 Å². The first kappa shape index (κ1) is 12.4. The quantitative estimate of drug-likeness (QED) is 0.900. The summed E-state index contributed by atoms with van der Waals surface area (Å²) < 4.78 is 0. The Hall–Kier alpha value is -0.0900. The van der Waals surface area contributed by atoms with Crippen molar-refractivity contribution in [2.45, 2.75) is 25.8 Å². The van der Waals surface area contributed by atoms with Crippen molar-refractivity contribution in [2.75, 3.05) is 19.6 Å². The summed E-state index contributed by atoms with van der Waals surface area (Å²) >= 11 is 7.69. The maximum Gasteiger partial charge on any atom is 0.0516 e. The van der Waals surface area contributed by atoms with E-state index >= 15 is 0 Å². The SMILES string of the molecule is NCCC1CCCN(Cc2cc(Cl)cs2)C1. The number of thiophene rings is 1. The predicted molar refractivity (Wildman–Crippen MR) is 71.0 cm³/mol. The summed E-state index contributed by atoms with van der Waals surface area (Å²) in [6.45, 7) is 4.30.